The maximum absolute atomic E-state index is 13.1. The number of rotatable bonds is 6. The number of aromatic nitrogens is 3. The van der Waals surface area contributed by atoms with Crippen molar-refractivity contribution in [3.05, 3.63) is 47.2 Å². The standard InChI is InChI=1S/C14H10FN5O2S3/c15-9-3-1-2-8(6-9)11(22)18-13-19-20-14(25-13)24-7-10(21)17-12-16-4-5-23-12/h1-6H,7H2,(H,16,17,21)(H,18,19,22). The molecule has 3 aromatic rings. The Balaban J connectivity index is 1.52. The normalized spacial score (nSPS) is 10.4. The smallest absolute Gasteiger partial charge is 0.257 e. The number of hydrogen-bond acceptors (Lipinski definition) is 8. The van der Waals surface area contributed by atoms with Gasteiger partial charge in [0.05, 0.1) is 5.75 Å². The molecule has 0 aliphatic rings. The van der Waals surface area contributed by atoms with Gasteiger partial charge in [-0.15, -0.1) is 21.5 Å². The van der Waals surface area contributed by atoms with Gasteiger partial charge in [-0.2, -0.15) is 0 Å². The van der Waals surface area contributed by atoms with Gasteiger partial charge < -0.3 is 5.32 Å². The highest BCUT2D eigenvalue weighted by Gasteiger charge is 2.12. The highest BCUT2D eigenvalue weighted by molar-refractivity contribution is 8.01. The molecule has 0 fully saturated rings. The maximum Gasteiger partial charge on any atom is 0.257 e. The minimum Gasteiger partial charge on any atom is -0.301 e. The van der Waals surface area contributed by atoms with Crippen LogP contribution in [0.15, 0.2) is 40.2 Å². The van der Waals surface area contributed by atoms with Crippen LogP contribution in [0, 0.1) is 5.82 Å². The quantitative estimate of drug-likeness (QED) is 0.492. The molecular formula is C14H10FN5O2S3. The Morgan fingerprint density at radius 3 is 2.84 bits per heavy atom. The molecule has 1 aromatic carbocycles. The summed E-state index contributed by atoms with van der Waals surface area (Å²) in [6.07, 6.45) is 1.60. The van der Waals surface area contributed by atoms with Gasteiger partial charge in [0.1, 0.15) is 5.82 Å². The zero-order valence-corrected chi connectivity index (χ0v) is 14.9. The van der Waals surface area contributed by atoms with Crippen molar-refractivity contribution in [2.75, 3.05) is 16.4 Å². The zero-order chi connectivity index (χ0) is 17.6. The number of benzene rings is 1. The van der Waals surface area contributed by atoms with E-state index >= 15 is 0 Å². The number of halogens is 1. The van der Waals surface area contributed by atoms with Crippen LogP contribution in [0.25, 0.3) is 0 Å². The van der Waals surface area contributed by atoms with Crippen molar-refractivity contribution < 1.29 is 14.0 Å². The molecule has 7 nitrogen and oxygen atoms in total. The summed E-state index contributed by atoms with van der Waals surface area (Å²) in [6.45, 7) is 0. The SMILES string of the molecule is O=C(CSc1nnc(NC(=O)c2cccc(F)c2)s1)Nc1nccs1. The van der Waals surface area contributed by atoms with Gasteiger partial charge in [-0.1, -0.05) is 29.2 Å². The lowest BCUT2D eigenvalue weighted by molar-refractivity contribution is -0.113. The number of carbonyl (C=O) groups excluding carboxylic acids is 2. The van der Waals surface area contributed by atoms with E-state index in [-0.39, 0.29) is 22.4 Å². The van der Waals surface area contributed by atoms with Crippen LogP contribution in [-0.2, 0) is 4.79 Å². The summed E-state index contributed by atoms with van der Waals surface area (Å²) >= 11 is 3.66. The zero-order valence-electron chi connectivity index (χ0n) is 12.4. The highest BCUT2D eigenvalue weighted by Crippen LogP contribution is 2.26. The minimum atomic E-state index is -0.493. The summed E-state index contributed by atoms with van der Waals surface area (Å²) < 4.78 is 13.7. The molecule has 0 saturated heterocycles. The van der Waals surface area contributed by atoms with Crippen LogP contribution in [0.3, 0.4) is 0 Å². The van der Waals surface area contributed by atoms with Crippen molar-refractivity contribution >= 4 is 56.5 Å². The number of nitrogens with one attached hydrogen (secondary N) is 2. The number of anilines is 2. The van der Waals surface area contributed by atoms with E-state index in [9.17, 15) is 14.0 Å². The van der Waals surface area contributed by atoms with Crippen LogP contribution in [0.4, 0.5) is 14.7 Å². The van der Waals surface area contributed by atoms with E-state index in [2.05, 4.69) is 25.8 Å². The Bertz CT molecular complexity index is 884. The van der Waals surface area contributed by atoms with Crippen LogP contribution >= 0.6 is 34.4 Å². The molecule has 2 heterocycles. The summed E-state index contributed by atoms with van der Waals surface area (Å²) in [6, 6.07) is 5.34. The predicted octanol–water partition coefficient (Wildman–Crippen LogP) is 3.12. The van der Waals surface area contributed by atoms with Crippen LogP contribution in [0.5, 0.6) is 0 Å². The first kappa shape index (κ1) is 17.5. The van der Waals surface area contributed by atoms with Crippen molar-refractivity contribution in [3.8, 4) is 0 Å². The first-order chi connectivity index (χ1) is 12.1. The highest BCUT2D eigenvalue weighted by atomic mass is 32.2. The largest absolute Gasteiger partial charge is 0.301 e. The summed E-state index contributed by atoms with van der Waals surface area (Å²) in [5, 5.41) is 15.5. The van der Waals surface area contributed by atoms with E-state index in [1.165, 1.54) is 41.3 Å². The Kier molecular flexibility index (Phi) is 5.68. The fourth-order valence-electron chi connectivity index (χ4n) is 1.69. The van der Waals surface area contributed by atoms with Gasteiger partial charge in [0.15, 0.2) is 9.47 Å². The molecule has 3 rings (SSSR count). The molecule has 2 aromatic heterocycles. The third-order valence-corrected chi connectivity index (χ3v) is 5.38. The molecule has 11 heteroatoms. The van der Waals surface area contributed by atoms with Crippen LogP contribution in [0.2, 0.25) is 0 Å². The molecule has 0 atom stereocenters. The number of thiazole rings is 1. The lowest BCUT2D eigenvalue weighted by Crippen LogP contribution is -2.13. The molecule has 128 valence electrons. The van der Waals surface area contributed by atoms with Crippen molar-refractivity contribution in [2.24, 2.45) is 0 Å². The van der Waals surface area contributed by atoms with Gasteiger partial charge in [0, 0.05) is 17.1 Å². The molecule has 0 unspecified atom stereocenters. The van der Waals surface area contributed by atoms with Gasteiger partial charge in [-0.05, 0) is 18.2 Å². The Morgan fingerprint density at radius 1 is 1.20 bits per heavy atom. The molecule has 25 heavy (non-hydrogen) atoms. The first-order valence-corrected chi connectivity index (χ1v) is 9.51. The molecule has 0 aliphatic heterocycles. The van der Waals surface area contributed by atoms with Gasteiger partial charge in [0.25, 0.3) is 5.91 Å². The van der Waals surface area contributed by atoms with Crippen LogP contribution < -0.4 is 10.6 Å². The van der Waals surface area contributed by atoms with E-state index in [0.29, 0.717) is 9.47 Å². The second kappa shape index (κ2) is 8.14. The fraction of sp³-hybridized carbons (Fsp3) is 0.0714. The van der Waals surface area contributed by atoms with Crippen molar-refractivity contribution in [2.45, 2.75) is 4.34 Å². The van der Waals surface area contributed by atoms with E-state index in [0.717, 1.165) is 17.4 Å². The number of nitrogens with zero attached hydrogens (tertiary/aromatic N) is 3. The van der Waals surface area contributed by atoms with Gasteiger partial charge in [-0.3, -0.25) is 14.9 Å². The number of hydrogen-bond donors (Lipinski definition) is 2. The predicted molar refractivity (Wildman–Crippen MR) is 95.7 cm³/mol. The van der Waals surface area contributed by atoms with Gasteiger partial charge >= 0.3 is 0 Å². The summed E-state index contributed by atoms with van der Waals surface area (Å²) in [5.41, 5.74) is 0.187. The Hall–Kier alpha value is -2.37. The molecular weight excluding hydrogens is 385 g/mol. The van der Waals surface area contributed by atoms with Gasteiger partial charge in [-0.25, -0.2) is 9.37 Å². The van der Waals surface area contributed by atoms with Gasteiger partial charge in [0.2, 0.25) is 11.0 Å². The topological polar surface area (TPSA) is 96.9 Å². The summed E-state index contributed by atoms with van der Waals surface area (Å²) in [7, 11) is 0. The Morgan fingerprint density at radius 2 is 2.08 bits per heavy atom. The molecule has 0 radical (unpaired) electrons. The van der Waals surface area contributed by atoms with Crippen molar-refractivity contribution in [3.63, 3.8) is 0 Å². The second-order valence-electron chi connectivity index (χ2n) is 4.51. The first-order valence-electron chi connectivity index (χ1n) is 6.83. The average Bonchev–Trinajstić information content (AvgIpc) is 3.25. The molecule has 2 N–H and O–H groups in total. The second-order valence-corrected chi connectivity index (χ2v) is 7.61. The van der Waals surface area contributed by atoms with E-state index in [1.807, 2.05) is 0 Å². The molecule has 0 bridgehead atoms. The third-order valence-electron chi connectivity index (χ3n) is 2.72. The molecule has 0 aliphatic carbocycles. The third kappa shape index (κ3) is 5.05. The van der Waals surface area contributed by atoms with Crippen molar-refractivity contribution in [1.82, 2.24) is 15.2 Å². The van der Waals surface area contributed by atoms with Crippen LogP contribution in [-0.4, -0.2) is 32.7 Å². The number of carbonyl (C=O) groups is 2. The van der Waals surface area contributed by atoms with Crippen LogP contribution in [0.1, 0.15) is 10.4 Å². The van der Waals surface area contributed by atoms with Crippen molar-refractivity contribution in [1.29, 1.82) is 0 Å². The summed E-state index contributed by atoms with van der Waals surface area (Å²) in [4.78, 5) is 27.7. The number of amides is 2. The van der Waals surface area contributed by atoms with E-state index in [4.69, 9.17) is 0 Å². The molecule has 2 amide bonds. The monoisotopic (exact) mass is 395 g/mol. The maximum atomic E-state index is 13.1. The average molecular weight is 395 g/mol. The molecule has 0 saturated carbocycles. The fourth-order valence-corrected chi connectivity index (χ4v) is 3.78. The lowest BCUT2D eigenvalue weighted by atomic mass is 10.2. The number of thioether (sulfide) groups is 1. The van der Waals surface area contributed by atoms with E-state index < -0.39 is 11.7 Å². The Labute approximate surface area is 153 Å². The molecule has 0 spiro atoms. The lowest BCUT2D eigenvalue weighted by Gasteiger charge is -2.00. The summed E-state index contributed by atoms with van der Waals surface area (Å²) in [5.74, 6) is -1.03. The minimum absolute atomic E-state index is 0.145. The van der Waals surface area contributed by atoms with E-state index in [1.54, 1.807) is 11.6 Å².